The van der Waals surface area contributed by atoms with Crippen LogP contribution in [-0.4, -0.2) is 16.7 Å². The molecule has 78 valence electrons. The molecule has 1 aromatic carbocycles. The van der Waals surface area contributed by atoms with E-state index in [1.165, 1.54) is 0 Å². The lowest BCUT2D eigenvalue weighted by Gasteiger charge is -2.07. The summed E-state index contributed by atoms with van der Waals surface area (Å²) in [5, 5.41) is 16.4. The van der Waals surface area contributed by atoms with Crippen molar-refractivity contribution in [1.29, 1.82) is 0 Å². The van der Waals surface area contributed by atoms with Gasteiger partial charge >= 0.3 is 0 Å². The molecule has 1 rings (SSSR count). The van der Waals surface area contributed by atoms with Crippen LogP contribution in [0.2, 0.25) is 0 Å². The van der Waals surface area contributed by atoms with Crippen molar-refractivity contribution >= 4 is 6.47 Å². The molecule has 3 heteroatoms. The highest BCUT2D eigenvalue weighted by Crippen LogP contribution is 2.25. The molecule has 2 N–H and O–H groups in total. The van der Waals surface area contributed by atoms with Gasteiger partial charge in [0.25, 0.3) is 6.47 Å². The number of aryl methyl sites for hydroxylation is 1. The Morgan fingerprint density at radius 3 is 2.21 bits per heavy atom. The van der Waals surface area contributed by atoms with E-state index in [-0.39, 0.29) is 6.47 Å². The predicted octanol–water partition coefficient (Wildman–Crippen LogP) is 2.52. The summed E-state index contributed by atoms with van der Waals surface area (Å²) in [5.41, 5.74) is 2.13. The zero-order valence-corrected chi connectivity index (χ0v) is 8.69. The van der Waals surface area contributed by atoms with Crippen LogP contribution in [0.4, 0.5) is 0 Å². The Kier molecular flexibility index (Phi) is 5.37. The zero-order chi connectivity index (χ0) is 11.1. The smallest absolute Gasteiger partial charge is 0.290 e. The van der Waals surface area contributed by atoms with Gasteiger partial charge in [0.2, 0.25) is 0 Å². The molecular formula is C11H16O3. The van der Waals surface area contributed by atoms with E-state index in [9.17, 15) is 5.11 Å². The van der Waals surface area contributed by atoms with Gasteiger partial charge in [-0.3, -0.25) is 4.79 Å². The third-order valence-corrected chi connectivity index (χ3v) is 1.81. The lowest BCUT2D eigenvalue weighted by molar-refractivity contribution is -0.122. The Hall–Kier alpha value is -1.51. The maximum atomic E-state index is 9.46. The summed E-state index contributed by atoms with van der Waals surface area (Å²) in [5.74, 6) is 0.815. The molecule has 14 heavy (non-hydrogen) atoms. The van der Waals surface area contributed by atoms with Crippen molar-refractivity contribution in [2.45, 2.75) is 26.7 Å². The molecule has 0 aliphatic carbocycles. The minimum absolute atomic E-state index is 0.250. The fraction of sp³-hybridized carbons (Fsp3) is 0.364. The van der Waals surface area contributed by atoms with Crippen molar-refractivity contribution in [3.8, 4) is 5.75 Å². The third-order valence-electron chi connectivity index (χ3n) is 1.81. The highest BCUT2D eigenvalue weighted by molar-refractivity contribution is 5.37. The molecule has 3 nitrogen and oxygen atoms in total. The van der Waals surface area contributed by atoms with Crippen LogP contribution in [0.3, 0.4) is 0 Å². The Morgan fingerprint density at radius 2 is 1.86 bits per heavy atom. The molecule has 0 unspecified atom stereocenters. The van der Waals surface area contributed by atoms with Crippen molar-refractivity contribution in [1.82, 2.24) is 0 Å². The number of hydrogen-bond acceptors (Lipinski definition) is 2. The van der Waals surface area contributed by atoms with Crippen LogP contribution in [0.1, 0.15) is 30.9 Å². The van der Waals surface area contributed by atoms with Gasteiger partial charge in [-0.2, -0.15) is 0 Å². The number of hydrogen-bond donors (Lipinski definition) is 2. The van der Waals surface area contributed by atoms with Crippen molar-refractivity contribution in [2.24, 2.45) is 0 Å². The van der Waals surface area contributed by atoms with E-state index in [2.05, 4.69) is 13.8 Å². The van der Waals surface area contributed by atoms with Gasteiger partial charge in [-0.05, 0) is 30.0 Å². The number of carbonyl (C=O) groups is 1. The molecule has 0 bridgehead atoms. The van der Waals surface area contributed by atoms with Crippen molar-refractivity contribution in [3.05, 3.63) is 29.3 Å². The molecule has 0 aromatic heterocycles. The summed E-state index contributed by atoms with van der Waals surface area (Å²) < 4.78 is 0. The highest BCUT2D eigenvalue weighted by atomic mass is 16.3. The second kappa shape index (κ2) is 6.02. The molecular weight excluding hydrogens is 180 g/mol. The van der Waals surface area contributed by atoms with Crippen LogP contribution in [0.5, 0.6) is 5.75 Å². The van der Waals surface area contributed by atoms with E-state index < -0.39 is 0 Å². The lowest BCUT2D eigenvalue weighted by Crippen LogP contribution is -1.87. The van der Waals surface area contributed by atoms with Gasteiger partial charge in [-0.1, -0.05) is 26.0 Å². The molecule has 0 heterocycles. The van der Waals surface area contributed by atoms with Gasteiger partial charge in [0.15, 0.2) is 0 Å². The number of benzene rings is 1. The molecule has 0 amide bonds. The van der Waals surface area contributed by atoms with Crippen LogP contribution in [0, 0.1) is 6.92 Å². The van der Waals surface area contributed by atoms with Crippen molar-refractivity contribution in [3.63, 3.8) is 0 Å². The van der Waals surface area contributed by atoms with Crippen molar-refractivity contribution < 1.29 is 15.0 Å². The van der Waals surface area contributed by atoms with Gasteiger partial charge in [0.1, 0.15) is 5.75 Å². The van der Waals surface area contributed by atoms with Crippen LogP contribution >= 0.6 is 0 Å². The average Bonchev–Trinajstić information content (AvgIpc) is 2.04. The standard InChI is InChI=1S/C10H14O.CH2O2/c1-7(2)9-5-4-8(3)6-10(9)11;2-1-3/h4-7,11H,1-3H3;1H,(H,2,3). The van der Waals surface area contributed by atoms with Gasteiger partial charge in [0, 0.05) is 0 Å². The fourth-order valence-corrected chi connectivity index (χ4v) is 1.14. The first-order valence-corrected chi connectivity index (χ1v) is 4.40. The number of phenols is 1. The van der Waals surface area contributed by atoms with Gasteiger partial charge < -0.3 is 10.2 Å². The summed E-state index contributed by atoms with van der Waals surface area (Å²) in [6.07, 6.45) is 0. The lowest BCUT2D eigenvalue weighted by atomic mass is 10.0. The van der Waals surface area contributed by atoms with Crippen LogP contribution in [-0.2, 0) is 4.79 Å². The minimum atomic E-state index is -0.250. The second-order valence-electron chi connectivity index (χ2n) is 3.32. The van der Waals surface area contributed by atoms with Gasteiger partial charge in [0.05, 0.1) is 0 Å². The molecule has 0 aliphatic heterocycles. The van der Waals surface area contributed by atoms with E-state index in [4.69, 9.17) is 9.90 Å². The number of rotatable bonds is 1. The molecule has 0 aliphatic rings. The predicted molar refractivity (Wildman–Crippen MR) is 55.6 cm³/mol. The van der Waals surface area contributed by atoms with Crippen LogP contribution in [0.15, 0.2) is 18.2 Å². The SMILES string of the molecule is Cc1ccc(C(C)C)c(O)c1.O=CO. The highest BCUT2D eigenvalue weighted by Gasteiger charge is 2.03. The first-order valence-electron chi connectivity index (χ1n) is 4.40. The van der Waals surface area contributed by atoms with E-state index >= 15 is 0 Å². The first kappa shape index (κ1) is 12.5. The molecule has 0 saturated carbocycles. The summed E-state index contributed by atoms with van der Waals surface area (Å²) >= 11 is 0. The van der Waals surface area contributed by atoms with E-state index in [0.29, 0.717) is 11.7 Å². The summed E-state index contributed by atoms with van der Waals surface area (Å²) in [6.45, 7) is 5.87. The van der Waals surface area contributed by atoms with Crippen molar-refractivity contribution in [2.75, 3.05) is 0 Å². The zero-order valence-electron chi connectivity index (χ0n) is 8.69. The van der Waals surface area contributed by atoms with Crippen LogP contribution in [0.25, 0.3) is 0 Å². The quantitative estimate of drug-likeness (QED) is 0.678. The Labute approximate surface area is 84.0 Å². The summed E-state index contributed by atoms with van der Waals surface area (Å²) in [6, 6.07) is 5.81. The third kappa shape index (κ3) is 3.94. The Balaban J connectivity index is 0.000000500. The average molecular weight is 196 g/mol. The monoisotopic (exact) mass is 196 g/mol. The summed E-state index contributed by atoms with van der Waals surface area (Å²) in [4.78, 5) is 8.36. The number of phenolic OH excluding ortho intramolecular Hbond substituents is 1. The number of aromatic hydroxyl groups is 1. The van der Waals surface area contributed by atoms with E-state index in [0.717, 1.165) is 11.1 Å². The molecule has 0 saturated heterocycles. The van der Waals surface area contributed by atoms with Crippen LogP contribution < -0.4 is 0 Å². The van der Waals surface area contributed by atoms with Gasteiger partial charge in [-0.25, -0.2) is 0 Å². The summed E-state index contributed by atoms with van der Waals surface area (Å²) in [7, 11) is 0. The first-order chi connectivity index (χ1) is 6.52. The largest absolute Gasteiger partial charge is 0.508 e. The Morgan fingerprint density at radius 1 is 1.36 bits per heavy atom. The van der Waals surface area contributed by atoms with E-state index in [1.807, 2.05) is 19.1 Å². The van der Waals surface area contributed by atoms with E-state index in [1.54, 1.807) is 6.07 Å². The topological polar surface area (TPSA) is 57.5 Å². The normalized spacial score (nSPS) is 9.14. The molecule has 0 spiro atoms. The maximum Gasteiger partial charge on any atom is 0.290 e. The molecule has 0 fully saturated rings. The minimum Gasteiger partial charge on any atom is -0.508 e. The number of carboxylic acid groups (broad SMARTS) is 1. The fourth-order valence-electron chi connectivity index (χ4n) is 1.14. The molecule has 1 aromatic rings. The molecule has 0 atom stereocenters. The van der Waals surface area contributed by atoms with Gasteiger partial charge in [-0.15, -0.1) is 0 Å². The second-order valence-corrected chi connectivity index (χ2v) is 3.32. The maximum absolute atomic E-state index is 9.46. The Bertz CT molecular complexity index is 293. The molecule has 0 radical (unpaired) electrons.